The average molecular weight is 191 g/mol. The molecular weight excluding hydrogens is 176 g/mol. The Balaban J connectivity index is 0.000000720. The van der Waals surface area contributed by atoms with Crippen LogP contribution in [0.4, 0.5) is 0 Å². The van der Waals surface area contributed by atoms with Crippen LogP contribution >= 0.6 is 12.4 Å². The fourth-order valence-corrected chi connectivity index (χ4v) is 1.70. The van der Waals surface area contributed by atoms with Crippen molar-refractivity contribution in [2.24, 2.45) is 11.1 Å². The van der Waals surface area contributed by atoms with Crippen molar-refractivity contribution >= 4 is 18.3 Å². The molecule has 12 heavy (non-hydrogen) atoms. The zero-order valence-electron chi connectivity index (χ0n) is 7.25. The van der Waals surface area contributed by atoms with Crippen LogP contribution in [0.2, 0.25) is 0 Å². The molecule has 1 amide bonds. The third kappa shape index (κ3) is 1.43. The maximum absolute atomic E-state index is 11.2. The number of hydrogen-bond donors (Lipinski definition) is 1. The van der Waals surface area contributed by atoms with Crippen molar-refractivity contribution in [2.45, 2.75) is 25.8 Å². The minimum absolute atomic E-state index is 0. The Kier molecular flexibility index (Phi) is 2.36. The first-order valence-electron chi connectivity index (χ1n) is 4.17. The number of amides is 1. The van der Waals surface area contributed by atoms with Gasteiger partial charge in [-0.05, 0) is 19.8 Å². The number of halogens is 1. The van der Waals surface area contributed by atoms with Crippen LogP contribution in [0.15, 0.2) is 0 Å². The van der Waals surface area contributed by atoms with Gasteiger partial charge in [0.25, 0.3) is 0 Å². The van der Waals surface area contributed by atoms with Crippen LogP contribution in [-0.2, 0) is 4.79 Å². The second-order valence-corrected chi connectivity index (χ2v) is 3.98. The molecule has 0 radical (unpaired) electrons. The summed E-state index contributed by atoms with van der Waals surface area (Å²) in [7, 11) is 0. The highest BCUT2D eigenvalue weighted by Gasteiger charge is 2.53. The standard InChI is InChI=1S/C8H14N2O.ClH/c1-6(9)7(11)10-4-8(5-10)2-3-8;/h6H,2-5,9H2,1H3;1H/t6-;/m1./s1. The van der Waals surface area contributed by atoms with E-state index in [1.807, 2.05) is 4.90 Å². The fraction of sp³-hybridized carbons (Fsp3) is 0.875. The normalized spacial score (nSPS) is 25.7. The molecule has 2 rings (SSSR count). The SMILES string of the molecule is C[C@@H](N)C(=O)N1CC2(CC2)C1.Cl. The molecule has 1 spiro atoms. The molecule has 70 valence electrons. The zero-order valence-corrected chi connectivity index (χ0v) is 8.06. The van der Waals surface area contributed by atoms with Gasteiger partial charge in [0.15, 0.2) is 0 Å². The summed E-state index contributed by atoms with van der Waals surface area (Å²) < 4.78 is 0. The Hall–Kier alpha value is -0.280. The van der Waals surface area contributed by atoms with Crippen LogP contribution < -0.4 is 5.73 Å². The molecule has 2 N–H and O–H groups in total. The molecule has 3 nitrogen and oxygen atoms in total. The lowest BCUT2D eigenvalue weighted by Gasteiger charge is -2.40. The van der Waals surface area contributed by atoms with Crippen molar-refractivity contribution in [3.05, 3.63) is 0 Å². The predicted molar refractivity (Wildman–Crippen MR) is 49.1 cm³/mol. The lowest BCUT2D eigenvalue weighted by atomic mass is 9.96. The van der Waals surface area contributed by atoms with Crippen LogP contribution in [-0.4, -0.2) is 29.9 Å². The number of carbonyl (C=O) groups is 1. The summed E-state index contributed by atoms with van der Waals surface area (Å²) in [4.78, 5) is 13.1. The Morgan fingerprint density at radius 1 is 1.50 bits per heavy atom. The quantitative estimate of drug-likeness (QED) is 0.650. The number of nitrogens with zero attached hydrogens (tertiary/aromatic N) is 1. The lowest BCUT2D eigenvalue weighted by Crippen LogP contribution is -2.55. The molecule has 0 aromatic heterocycles. The monoisotopic (exact) mass is 190 g/mol. The van der Waals surface area contributed by atoms with Crippen LogP contribution in [0.25, 0.3) is 0 Å². The average Bonchev–Trinajstić information content (AvgIpc) is 2.60. The maximum Gasteiger partial charge on any atom is 0.239 e. The van der Waals surface area contributed by atoms with Gasteiger partial charge < -0.3 is 10.6 Å². The summed E-state index contributed by atoms with van der Waals surface area (Å²) in [6.07, 6.45) is 2.63. The number of likely N-dealkylation sites (tertiary alicyclic amines) is 1. The highest BCUT2D eigenvalue weighted by atomic mass is 35.5. The van der Waals surface area contributed by atoms with E-state index in [2.05, 4.69) is 0 Å². The minimum Gasteiger partial charge on any atom is -0.340 e. The van der Waals surface area contributed by atoms with Crippen molar-refractivity contribution in [3.63, 3.8) is 0 Å². The highest BCUT2D eigenvalue weighted by molar-refractivity contribution is 5.85. The number of rotatable bonds is 1. The summed E-state index contributed by atoms with van der Waals surface area (Å²) in [5.41, 5.74) is 6.02. The summed E-state index contributed by atoms with van der Waals surface area (Å²) >= 11 is 0. The predicted octanol–water partition coefficient (Wildman–Crippen LogP) is 0.378. The first kappa shape index (κ1) is 9.81. The van der Waals surface area contributed by atoms with Crippen LogP contribution in [0, 0.1) is 5.41 Å². The highest BCUT2D eigenvalue weighted by Crippen LogP contribution is 2.52. The zero-order chi connectivity index (χ0) is 8.06. The number of hydrogen-bond acceptors (Lipinski definition) is 2. The van der Waals surface area contributed by atoms with Crippen molar-refractivity contribution in [1.29, 1.82) is 0 Å². The first-order valence-corrected chi connectivity index (χ1v) is 4.17. The second kappa shape index (κ2) is 2.89. The van der Waals surface area contributed by atoms with E-state index < -0.39 is 0 Å². The Bertz CT molecular complexity index is 193. The van der Waals surface area contributed by atoms with Gasteiger partial charge in [-0.2, -0.15) is 0 Å². The van der Waals surface area contributed by atoms with Crippen molar-refractivity contribution < 1.29 is 4.79 Å². The van der Waals surface area contributed by atoms with Gasteiger partial charge in [-0.1, -0.05) is 0 Å². The van der Waals surface area contributed by atoms with Crippen molar-refractivity contribution in [3.8, 4) is 0 Å². The van der Waals surface area contributed by atoms with Crippen LogP contribution in [0.3, 0.4) is 0 Å². The van der Waals surface area contributed by atoms with Gasteiger partial charge in [0.2, 0.25) is 5.91 Å². The summed E-state index contributed by atoms with van der Waals surface area (Å²) in [6, 6.07) is -0.314. The van der Waals surface area contributed by atoms with E-state index in [1.54, 1.807) is 6.92 Å². The fourth-order valence-electron chi connectivity index (χ4n) is 1.70. The van der Waals surface area contributed by atoms with Gasteiger partial charge in [-0.15, -0.1) is 12.4 Å². The third-order valence-electron chi connectivity index (χ3n) is 2.71. The van der Waals surface area contributed by atoms with Crippen LogP contribution in [0.5, 0.6) is 0 Å². The van der Waals surface area contributed by atoms with Gasteiger partial charge in [-0.25, -0.2) is 0 Å². The Morgan fingerprint density at radius 3 is 2.33 bits per heavy atom. The molecule has 1 saturated carbocycles. The van der Waals surface area contributed by atoms with Gasteiger partial charge in [0, 0.05) is 18.5 Å². The minimum atomic E-state index is -0.314. The van der Waals surface area contributed by atoms with E-state index in [1.165, 1.54) is 12.8 Å². The van der Waals surface area contributed by atoms with Gasteiger partial charge in [0.1, 0.15) is 0 Å². The van der Waals surface area contributed by atoms with Gasteiger partial charge in [-0.3, -0.25) is 4.79 Å². The summed E-state index contributed by atoms with van der Waals surface area (Å²) in [5.74, 6) is 0.113. The van der Waals surface area contributed by atoms with E-state index in [-0.39, 0.29) is 24.4 Å². The molecule has 1 atom stereocenters. The number of carbonyl (C=O) groups excluding carboxylic acids is 1. The summed E-state index contributed by atoms with van der Waals surface area (Å²) in [6.45, 7) is 3.68. The molecule has 2 aliphatic rings. The van der Waals surface area contributed by atoms with E-state index in [0.29, 0.717) is 5.41 Å². The van der Waals surface area contributed by atoms with Crippen LogP contribution in [0.1, 0.15) is 19.8 Å². The Morgan fingerprint density at radius 2 is 2.00 bits per heavy atom. The number of nitrogens with two attached hydrogens (primary N) is 1. The molecule has 1 aliphatic heterocycles. The third-order valence-corrected chi connectivity index (χ3v) is 2.71. The molecule has 0 aromatic rings. The Labute approximate surface area is 78.7 Å². The molecule has 0 unspecified atom stereocenters. The molecular formula is C8H15ClN2O. The molecule has 2 fully saturated rings. The molecule has 4 heteroatoms. The van der Waals surface area contributed by atoms with E-state index in [4.69, 9.17) is 5.73 Å². The van der Waals surface area contributed by atoms with E-state index in [9.17, 15) is 4.79 Å². The van der Waals surface area contributed by atoms with E-state index >= 15 is 0 Å². The van der Waals surface area contributed by atoms with Crippen molar-refractivity contribution in [2.75, 3.05) is 13.1 Å². The van der Waals surface area contributed by atoms with E-state index in [0.717, 1.165) is 13.1 Å². The first-order chi connectivity index (χ1) is 5.13. The largest absolute Gasteiger partial charge is 0.340 e. The molecule has 1 aliphatic carbocycles. The van der Waals surface area contributed by atoms with Gasteiger partial charge >= 0.3 is 0 Å². The maximum atomic E-state index is 11.2. The topological polar surface area (TPSA) is 46.3 Å². The lowest BCUT2D eigenvalue weighted by molar-refractivity contribution is -0.139. The molecule has 0 bridgehead atoms. The van der Waals surface area contributed by atoms with Crippen molar-refractivity contribution in [1.82, 2.24) is 4.90 Å². The summed E-state index contributed by atoms with van der Waals surface area (Å²) in [5, 5.41) is 0. The molecule has 0 aromatic carbocycles. The smallest absolute Gasteiger partial charge is 0.239 e. The molecule has 1 saturated heterocycles. The van der Waals surface area contributed by atoms with Gasteiger partial charge in [0.05, 0.1) is 6.04 Å². The molecule has 1 heterocycles. The second-order valence-electron chi connectivity index (χ2n) is 3.98.